The molecule has 3 aliphatic rings. The van der Waals surface area contributed by atoms with E-state index in [0.717, 1.165) is 57.9 Å². The predicted octanol–water partition coefficient (Wildman–Crippen LogP) is 0.107. The summed E-state index contributed by atoms with van der Waals surface area (Å²) >= 11 is 0. The van der Waals surface area contributed by atoms with Gasteiger partial charge in [-0.1, -0.05) is 12.1 Å². The van der Waals surface area contributed by atoms with E-state index in [1.165, 1.54) is 4.90 Å². The first-order valence-electron chi connectivity index (χ1n) is 11.8. The van der Waals surface area contributed by atoms with E-state index < -0.39 is 0 Å². The Kier molecular flexibility index (Phi) is 7.97. The van der Waals surface area contributed by atoms with E-state index in [1.54, 1.807) is 7.11 Å². The van der Waals surface area contributed by atoms with Crippen LogP contribution in [0, 0.1) is 0 Å². The van der Waals surface area contributed by atoms with E-state index in [0.29, 0.717) is 43.2 Å². The van der Waals surface area contributed by atoms with Crippen LogP contribution >= 0.6 is 0 Å². The lowest BCUT2D eigenvalue weighted by Gasteiger charge is -2.36. The molecule has 2 fully saturated rings. The van der Waals surface area contributed by atoms with Crippen LogP contribution in [0.2, 0.25) is 0 Å². The zero-order valence-electron chi connectivity index (χ0n) is 19.4. The van der Waals surface area contributed by atoms with Gasteiger partial charge in [-0.15, -0.1) is 0 Å². The molecule has 0 aromatic heterocycles. The molecule has 9 heteroatoms. The minimum absolute atomic E-state index is 0.119. The molecule has 0 unspecified atom stereocenters. The van der Waals surface area contributed by atoms with Gasteiger partial charge in [-0.05, 0) is 24.1 Å². The molecule has 180 valence electrons. The smallest absolute Gasteiger partial charge is 0.277 e. The highest BCUT2D eigenvalue weighted by atomic mass is 16.5. The van der Waals surface area contributed by atoms with E-state index in [-0.39, 0.29) is 18.4 Å². The number of carbonyl (C=O) groups excluding carboxylic acids is 2. The van der Waals surface area contributed by atoms with Crippen molar-refractivity contribution in [2.24, 2.45) is 0 Å². The van der Waals surface area contributed by atoms with Crippen LogP contribution in [0.3, 0.4) is 0 Å². The quantitative estimate of drug-likeness (QED) is 0.522. The maximum Gasteiger partial charge on any atom is 0.277 e. The molecule has 0 aliphatic carbocycles. The van der Waals surface area contributed by atoms with Crippen LogP contribution in [0.4, 0.5) is 0 Å². The Morgan fingerprint density at radius 1 is 0.879 bits per heavy atom. The first kappa shape index (κ1) is 23.7. The highest BCUT2D eigenvalue weighted by Gasteiger charge is 2.41. The molecule has 0 saturated carbocycles. The van der Waals surface area contributed by atoms with Gasteiger partial charge in [0.2, 0.25) is 0 Å². The average Bonchev–Trinajstić information content (AvgIpc) is 3.10. The van der Waals surface area contributed by atoms with Crippen molar-refractivity contribution in [3.63, 3.8) is 0 Å². The molecule has 0 atom stereocenters. The van der Waals surface area contributed by atoms with E-state index >= 15 is 0 Å². The second-order valence-electron chi connectivity index (χ2n) is 8.57. The summed E-state index contributed by atoms with van der Waals surface area (Å²) in [6, 6.07) is 7.33. The third-order valence-electron chi connectivity index (χ3n) is 6.59. The van der Waals surface area contributed by atoms with Gasteiger partial charge < -0.3 is 19.5 Å². The number of β-amino-alcohol motifs (C(OH)–C–C–N with tert-alkyl or cyclic N) is 1. The van der Waals surface area contributed by atoms with Crippen molar-refractivity contribution in [2.75, 3.05) is 85.8 Å². The van der Waals surface area contributed by atoms with Crippen molar-refractivity contribution in [3.8, 4) is 5.75 Å². The minimum atomic E-state index is -0.222. The number of benzene rings is 1. The lowest BCUT2D eigenvalue weighted by molar-refractivity contribution is -0.137. The molecule has 3 aliphatic heterocycles. The van der Waals surface area contributed by atoms with Gasteiger partial charge in [-0.3, -0.25) is 24.3 Å². The van der Waals surface area contributed by atoms with Crippen molar-refractivity contribution < 1.29 is 24.2 Å². The molecule has 4 rings (SSSR count). The van der Waals surface area contributed by atoms with Gasteiger partial charge in [0, 0.05) is 58.9 Å². The van der Waals surface area contributed by atoms with Crippen LogP contribution in [-0.2, 0) is 14.3 Å². The second-order valence-corrected chi connectivity index (χ2v) is 8.57. The van der Waals surface area contributed by atoms with Crippen LogP contribution in [0.1, 0.15) is 12.0 Å². The summed E-state index contributed by atoms with van der Waals surface area (Å²) < 4.78 is 10.7. The van der Waals surface area contributed by atoms with Crippen LogP contribution < -0.4 is 4.74 Å². The predicted molar refractivity (Wildman–Crippen MR) is 124 cm³/mol. The fourth-order valence-corrected chi connectivity index (χ4v) is 4.69. The number of morpholine rings is 1. The lowest BCUT2D eigenvalue weighted by atomic mass is 10.0. The summed E-state index contributed by atoms with van der Waals surface area (Å²) in [6.45, 7) is 8.03. The number of nitrogens with zero attached hydrogens (tertiary/aromatic N) is 4. The molecule has 33 heavy (non-hydrogen) atoms. The average molecular weight is 459 g/mol. The van der Waals surface area contributed by atoms with Crippen LogP contribution in [0.5, 0.6) is 5.75 Å². The molecule has 1 N–H and O–H groups in total. The van der Waals surface area contributed by atoms with Gasteiger partial charge in [0.15, 0.2) is 0 Å². The summed E-state index contributed by atoms with van der Waals surface area (Å²) in [5, 5.41) is 9.23. The number of carbonyl (C=O) groups is 2. The maximum absolute atomic E-state index is 13.5. The molecule has 1 aromatic rings. The summed E-state index contributed by atoms with van der Waals surface area (Å²) in [5.74, 6) is 0.279. The Bertz CT molecular complexity index is 858. The van der Waals surface area contributed by atoms with Crippen molar-refractivity contribution >= 4 is 17.4 Å². The first-order valence-corrected chi connectivity index (χ1v) is 11.8. The normalized spacial score (nSPS) is 20.8. The maximum atomic E-state index is 13.5. The van der Waals surface area contributed by atoms with Crippen molar-refractivity contribution in [2.45, 2.75) is 6.42 Å². The number of hydrogen-bond acceptors (Lipinski definition) is 8. The Morgan fingerprint density at radius 3 is 2.18 bits per heavy atom. The Labute approximate surface area is 195 Å². The van der Waals surface area contributed by atoms with Gasteiger partial charge in [0.25, 0.3) is 11.8 Å². The second kappa shape index (κ2) is 11.1. The number of ether oxygens (including phenoxy) is 2. The summed E-state index contributed by atoms with van der Waals surface area (Å²) in [5.41, 5.74) is 1.71. The summed E-state index contributed by atoms with van der Waals surface area (Å²) in [6.07, 6.45) is 0.741. The van der Waals surface area contributed by atoms with E-state index in [4.69, 9.17) is 9.47 Å². The SMILES string of the molecule is COc1ccc(C2=C(N3CCN(CCO)CC3)C(=O)N(CCCN3CCOCC3)C2=O)cc1. The van der Waals surface area contributed by atoms with E-state index in [9.17, 15) is 14.7 Å². The molecule has 0 bridgehead atoms. The van der Waals surface area contributed by atoms with Crippen molar-refractivity contribution in [3.05, 3.63) is 35.5 Å². The standard InChI is InChI=1S/C24H34N4O5/c1-32-20-5-3-19(4-6-20)21-22(27-11-9-26(10-12-27)13-16-29)24(31)28(23(21)30)8-2-7-25-14-17-33-18-15-25/h3-6,29H,2,7-18H2,1H3. The van der Waals surface area contributed by atoms with Crippen molar-refractivity contribution in [1.29, 1.82) is 0 Å². The number of hydrogen-bond donors (Lipinski definition) is 1. The highest BCUT2D eigenvalue weighted by Crippen LogP contribution is 2.33. The summed E-state index contributed by atoms with van der Waals surface area (Å²) in [7, 11) is 1.60. The van der Waals surface area contributed by atoms with Gasteiger partial charge in [-0.2, -0.15) is 0 Å². The largest absolute Gasteiger partial charge is 0.497 e. The third kappa shape index (κ3) is 5.38. The minimum Gasteiger partial charge on any atom is -0.497 e. The van der Waals surface area contributed by atoms with Gasteiger partial charge in [-0.25, -0.2) is 0 Å². The number of piperazine rings is 1. The zero-order valence-corrected chi connectivity index (χ0v) is 19.4. The van der Waals surface area contributed by atoms with E-state index in [1.807, 2.05) is 29.2 Å². The van der Waals surface area contributed by atoms with Gasteiger partial charge in [0.05, 0.1) is 32.5 Å². The van der Waals surface area contributed by atoms with E-state index in [2.05, 4.69) is 9.80 Å². The van der Waals surface area contributed by atoms with Gasteiger partial charge in [0.1, 0.15) is 11.4 Å². The number of methoxy groups -OCH3 is 1. The molecule has 1 aromatic carbocycles. The molecule has 0 spiro atoms. The van der Waals surface area contributed by atoms with Crippen LogP contribution in [0.25, 0.3) is 5.57 Å². The summed E-state index contributed by atoms with van der Waals surface area (Å²) in [4.78, 5) is 34.9. The Morgan fingerprint density at radius 2 is 1.55 bits per heavy atom. The molecular weight excluding hydrogens is 424 g/mol. The zero-order chi connectivity index (χ0) is 23.2. The number of amides is 2. The topological polar surface area (TPSA) is 85.8 Å². The number of imide groups is 1. The fraction of sp³-hybridized carbons (Fsp3) is 0.583. The molecule has 3 heterocycles. The molecular formula is C24H34N4O5. The number of aliphatic hydroxyl groups excluding tert-OH is 1. The lowest BCUT2D eigenvalue weighted by Crippen LogP contribution is -2.48. The number of rotatable bonds is 9. The van der Waals surface area contributed by atoms with Crippen LogP contribution in [-0.4, -0.2) is 122 Å². The monoisotopic (exact) mass is 458 g/mol. The molecule has 9 nitrogen and oxygen atoms in total. The molecule has 0 radical (unpaired) electrons. The highest BCUT2D eigenvalue weighted by molar-refractivity contribution is 6.35. The molecule has 2 amide bonds. The fourth-order valence-electron chi connectivity index (χ4n) is 4.69. The molecule has 2 saturated heterocycles. The number of aliphatic hydroxyl groups is 1. The van der Waals surface area contributed by atoms with Crippen molar-refractivity contribution in [1.82, 2.24) is 19.6 Å². The Hall–Kier alpha value is -2.46. The van der Waals surface area contributed by atoms with Crippen LogP contribution in [0.15, 0.2) is 30.0 Å². The van der Waals surface area contributed by atoms with Gasteiger partial charge >= 0.3 is 0 Å². The third-order valence-corrected chi connectivity index (χ3v) is 6.59. The first-order chi connectivity index (χ1) is 16.1. The Balaban J connectivity index is 1.52.